The zero-order valence-corrected chi connectivity index (χ0v) is 13.7. The van der Waals surface area contributed by atoms with Gasteiger partial charge in [-0.15, -0.1) is 0 Å². The molecule has 1 aliphatic carbocycles. The van der Waals surface area contributed by atoms with Gasteiger partial charge in [-0.25, -0.2) is 9.97 Å². The van der Waals surface area contributed by atoms with Crippen molar-refractivity contribution < 1.29 is 4.79 Å². The van der Waals surface area contributed by atoms with Gasteiger partial charge in [0.25, 0.3) is 5.91 Å². The minimum absolute atomic E-state index is 0.154. The zero-order valence-electron chi connectivity index (χ0n) is 13.7. The van der Waals surface area contributed by atoms with Crippen LogP contribution in [0.3, 0.4) is 0 Å². The van der Waals surface area contributed by atoms with Crippen LogP contribution in [-0.2, 0) is 19.4 Å². The van der Waals surface area contributed by atoms with Crippen LogP contribution < -0.4 is 5.32 Å². The number of nitrogens with one attached hydrogen (secondary N) is 2. The number of carbonyl (C=O) groups is 1. The van der Waals surface area contributed by atoms with E-state index in [0.29, 0.717) is 23.7 Å². The van der Waals surface area contributed by atoms with E-state index in [9.17, 15) is 4.79 Å². The number of amides is 1. The largest absolute Gasteiger partial charge is 0.345 e. The molecular weight excluding hydrogens is 304 g/mol. The Morgan fingerprint density at radius 2 is 2.21 bits per heavy atom. The molecule has 0 spiro atoms. The number of hydrogen-bond acceptors (Lipinski definition) is 4. The van der Waals surface area contributed by atoms with Gasteiger partial charge in [0.05, 0.1) is 17.9 Å². The van der Waals surface area contributed by atoms with Crippen molar-refractivity contribution in [3.63, 3.8) is 0 Å². The maximum absolute atomic E-state index is 12.6. The van der Waals surface area contributed by atoms with Gasteiger partial charge < -0.3 is 5.32 Å². The Balaban J connectivity index is 1.55. The fourth-order valence-electron chi connectivity index (χ4n) is 3.39. The highest BCUT2D eigenvalue weighted by atomic mass is 16.1. The van der Waals surface area contributed by atoms with E-state index in [1.807, 2.05) is 6.92 Å². The lowest BCUT2D eigenvalue weighted by Gasteiger charge is -2.06. The maximum Gasteiger partial charge on any atom is 0.270 e. The molecule has 24 heavy (non-hydrogen) atoms. The third-order valence-corrected chi connectivity index (χ3v) is 4.60. The summed E-state index contributed by atoms with van der Waals surface area (Å²) < 4.78 is 1.72. The van der Waals surface area contributed by atoms with Crippen LogP contribution >= 0.6 is 0 Å². The number of fused-ring (bicyclic) bond motifs is 2. The van der Waals surface area contributed by atoms with E-state index >= 15 is 0 Å². The lowest BCUT2D eigenvalue weighted by Crippen LogP contribution is -2.25. The summed E-state index contributed by atoms with van der Waals surface area (Å²) in [6, 6.07) is 1.79. The van der Waals surface area contributed by atoms with Crippen molar-refractivity contribution in [2.24, 2.45) is 0 Å². The second kappa shape index (κ2) is 6.07. The summed E-state index contributed by atoms with van der Waals surface area (Å²) in [4.78, 5) is 21.1. The van der Waals surface area contributed by atoms with Gasteiger partial charge in [-0.3, -0.25) is 14.3 Å². The quantitative estimate of drug-likeness (QED) is 0.721. The first-order valence-electron chi connectivity index (χ1n) is 8.37. The first kappa shape index (κ1) is 14.9. The van der Waals surface area contributed by atoms with Gasteiger partial charge >= 0.3 is 0 Å². The Hall–Kier alpha value is -2.70. The molecule has 2 N–H and O–H groups in total. The van der Waals surface area contributed by atoms with Crippen molar-refractivity contribution in [3.8, 4) is 0 Å². The molecule has 1 amide bonds. The molecule has 1 aliphatic rings. The Kier molecular flexibility index (Phi) is 3.76. The highest BCUT2D eigenvalue weighted by Crippen LogP contribution is 2.21. The van der Waals surface area contributed by atoms with Gasteiger partial charge in [0, 0.05) is 18.1 Å². The van der Waals surface area contributed by atoms with Crippen molar-refractivity contribution in [2.45, 2.75) is 45.6 Å². The minimum atomic E-state index is -0.154. The van der Waals surface area contributed by atoms with Gasteiger partial charge in [-0.05, 0) is 44.2 Å². The van der Waals surface area contributed by atoms with Gasteiger partial charge in [-0.2, -0.15) is 5.10 Å². The fraction of sp³-hybridized carbons (Fsp3) is 0.412. The molecular formula is C17H20N6O. The lowest BCUT2D eigenvalue weighted by atomic mass is 10.1. The molecule has 0 radical (unpaired) electrons. The van der Waals surface area contributed by atoms with Crippen LogP contribution in [-0.4, -0.2) is 30.5 Å². The molecule has 4 rings (SSSR count). The highest BCUT2D eigenvalue weighted by Gasteiger charge is 2.19. The molecule has 0 atom stereocenters. The monoisotopic (exact) mass is 324 g/mol. The summed E-state index contributed by atoms with van der Waals surface area (Å²) >= 11 is 0. The molecule has 0 unspecified atom stereocenters. The number of aromatic nitrogens is 5. The molecule has 0 saturated carbocycles. The van der Waals surface area contributed by atoms with Gasteiger partial charge in [-0.1, -0.05) is 6.42 Å². The van der Waals surface area contributed by atoms with Crippen LogP contribution in [0.2, 0.25) is 0 Å². The Morgan fingerprint density at radius 1 is 1.33 bits per heavy atom. The summed E-state index contributed by atoms with van der Waals surface area (Å²) in [5.74, 6) is 0.382. The van der Waals surface area contributed by atoms with Gasteiger partial charge in [0.15, 0.2) is 0 Å². The molecule has 0 fully saturated rings. The first-order chi connectivity index (χ1) is 11.7. The molecule has 7 heteroatoms. The van der Waals surface area contributed by atoms with Crippen LogP contribution in [0.5, 0.6) is 0 Å². The predicted octanol–water partition coefficient (Wildman–Crippen LogP) is 1.96. The smallest absolute Gasteiger partial charge is 0.270 e. The third kappa shape index (κ3) is 2.55. The lowest BCUT2D eigenvalue weighted by molar-refractivity contribution is 0.0943. The molecule has 0 saturated heterocycles. The molecule has 124 valence electrons. The van der Waals surface area contributed by atoms with Crippen LogP contribution in [0.1, 0.15) is 52.4 Å². The molecule has 0 aliphatic heterocycles. The molecule has 3 heterocycles. The zero-order chi connectivity index (χ0) is 16.5. The van der Waals surface area contributed by atoms with Crippen molar-refractivity contribution >= 4 is 11.7 Å². The maximum atomic E-state index is 12.6. The Labute approximate surface area is 139 Å². The van der Waals surface area contributed by atoms with Crippen molar-refractivity contribution in [1.29, 1.82) is 0 Å². The van der Waals surface area contributed by atoms with E-state index in [4.69, 9.17) is 0 Å². The Bertz CT molecular complexity index is 894. The number of rotatable bonds is 3. The van der Waals surface area contributed by atoms with Crippen LogP contribution in [0.15, 0.2) is 18.5 Å². The van der Waals surface area contributed by atoms with Crippen molar-refractivity contribution in [3.05, 3.63) is 46.8 Å². The number of hydrogen-bond donors (Lipinski definition) is 2. The molecule has 3 aromatic heterocycles. The van der Waals surface area contributed by atoms with E-state index < -0.39 is 0 Å². The topological polar surface area (TPSA) is 88.0 Å². The van der Waals surface area contributed by atoms with Crippen LogP contribution in [0, 0.1) is 6.92 Å². The minimum Gasteiger partial charge on any atom is -0.345 e. The summed E-state index contributed by atoms with van der Waals surface area (Å²) in [6.45, 7) is 2.25. The number of aromatic amines is 1. The SMILES string of the molecule is Cc1nc2ncccn2c1C(=O)NCc1n[nH]c2c1CCCCC2. The average Bonchev–Trinajstić information content (AvgIpc) is 3.03. The van der Waals surface area contributed by atoms with Crippen molar-refractivity contribution in [2.75, 3.05) is 0 Å². The average molecular weight is 324 g/mol. The molecule has 0 aromatic carbocycles. The number of aryl methyl sites for hydroxylation is 2. The van der Waals surface area contributed by atoms with E-state index in [2.05, 4.69) is 25.5 Å². The number of H-pyrrole nitrogens is 1. The van der Waals surface area contributed by atoms with E-state index in [0.717, 1.165) is 18.5 Å². The first-order valence-corrected chi connectivity index (χ1v) is 8.37. The second-order valence-electron chi connectivity index (χ2n) is 6.21. The Morgan fingerprint density at radius 3 is 3.12 bits per heavy atom. The second-order valence-corrected chi connectivity index (χ2v) is 6.21. The van der Waals surface area contributed by atoms with Crippen LogP contribution in [0.4, 0.5) is 0 Å². The molecule has 0 bridgehead atoms. The summed E-state index contributed by atoms with van der Waals surface area (Å²) in [6.07, 6.45) is 9.20. The summed E-state index contributed by atoms with van der Waals surface area (Å²) in [5, 5.41) is 10.5. The molecule has 3 aromatic rings. The highest BCUT2D eigenvalue weighted by molar-refractivity contribution is 5.94. The number of nitrogens with zero attached hydrogens (tertiary/aromatic N) is 4. The summed E-state index contributed by atoms with van der Waals surface area (Å²) in [5.41, 5.74) is 4.66. The van der Waals surface area contributed by atoms with Crippen LogP contribution in [0.25, 0.3) is 5.78 Å². The third-order valence-electron chi connectivity index (χ3n) is 4.60. The fourth-order valence-corrected chi connectivity index (χ4v) is 3.39. The van der Waals surface area contributed by atoms with E-state index in [1.165, 1.54) is 30.5 Å². The normalized spacial score (nSPS) is 14.4. The number of carbonyl (C=O) groups excluding carboxylic acids is 1. The van der Waals surface area contributed by atoms with E-state index in [-0.39, 0.29) is 5.91 Å². The predicted molar refractivity (Wildman–Crippen MR) is 88.7 cm³/mol. The molecule has 7 nitrogen and oxygen atoms in total. The number of imidazole rings is 1. The van der Waals surface area contributed by atoms with Gasteiger partial charge in [0.2, 0.25) is 5.78 Å². The standard InChI is InChI=1S/C17H20N6O/c1-11-15(23-9-5-8-18-17(23)20-11)16(24)19-10-14-12-6-3-2-4-7-13(12)21-22-14/h5,8-9H,2-4,6-7,10H2,1H3,(H,19,24)(H,21,22). The van der Waals surface area contributed by atoms with Gasteiger partial charge in [0.1, 0.15) is 5.69 Å². The van der Waals surface area contributed by atoms with Crippen molar-refractivity contribution in [1.82, 2.24) is 29.9 Å². The summed E-state index contributed by atoms with van der Waals surface area (Å²) in [7, 11) is 0. The van der Waals surface area contributed by atoms with E-state index in [1.54, 1.807) is 22.9 Å².